The number of aromatic nitrogens is 1. The highest BCUT2D eigenvalue weighted by molar-refractivity contribution is 7.92. The highest BCUT2D eigenvalue weighted by atomic mass is 32.2. The molecule has 19 heavy (non-hydrogen) atoms. The molecule has 100 valence electrons. The van der Waals surface area contributed by atoms with Crippen molar-refractivity contribution >= 4 is 15.8 Å². The summed E-state index contributed by atoms with van der Waals surface area (Å²) in [6.07, 6.45) is 1.53. The van der Waals surface area contributed by atoms with Gasteiger partial charge in [-0.15, -0.1) is 0 Å². The van der Waals surface area contributed by atoms with Gasteiger partial charge in [0.25, 0.3) is 10.0 Å². The lowest BCUT2D eigenvalue weighted by atomic mass is 10.3. The molecule has 1 aromatic carbocycles. The lowest BCUT2D eigenvalue weighted by Gasteiger charge is -2.11. The van der Waals surface area contributed by atoms with E-state index in [0.29, 0.717) is 11.6 Å². The Bertz CT molecular complexity index is 684. The Kier molecular flexibility index (Phi) is 3.71. The number of hydrogen-bond donors (Lipinski definition) is 1. The third-order valence-electron chi connectivity index (χ3n) is 2.60. The van der Waals surface area contributed by atoms with E-state index in [0.717, 1.165) is 5.56 Å². The number of nitrogens with zero attached hydrogens (tertiary/aromatic N) is 1. The number of ether oxygens (including phenoxy) is 1. The molecule has 0 bridgehead atoms. The summed E-state index contributed by atoms with van der Waals surface area (Å²) >= 11 is 0. The van der Waals surface area contributed by atoms with Gasteiger partial charge in [0.1, 0.15) is 16.5 Å². The van der Waals surface area contributed by atoms with Gasteiger partial charge in [0.05, 0.1) is 7.11 Å². The van der Waals surface area contributed by atoms with Crippen molar-refractivity contribution in [3.05, 3.63) is 48.2 Å². The minimum absolute atomic E-state index is 0.0857. The van der Waals surface area contributed by atoms with E-state index in [2.05, 4.69) is 9.71 Å². The van der Waals surface area contributed by atoms with E-state index in [-0.39, 0.29) is 4.90 Å². The van der Waals surface area contributed by atoms with Gasteiger partial charge in [-0.05, 0) is 30.7 Å². The summed E-state index contributed by atoms with van der Waals surface area (Å²) in [7, 11) is -2.29. The normalized spacial score (nSPS) is 11.1. The van der Waals surface area contributed by atoms with Crippen molar-refractivity contribution in [2.45, 2.75) is 11.8 Å². The number of pyridine rings is 1. The van der Waals surface area contributed by atoms with Crippen molar-refractivity contribution in [1.29, 1.82) is 0 Å². The Balaban J connectivity index is 2.41. The minimum atomic E-state index is -3.72. The highest BCUT2D eigenvalue weighted by Crippen LogP contribution is 2.25. The van der Waals surface area contributed by atoms with Crippen LogP contribution in [0.3, 0.4) is 0 Å². The van der Waals surface area contributed by atoms with Crippen molar-refractivity contribution in [2.24, 2.45) is 0 Å². The molecule has 1 aromatic heterocycles. The van der Waals surface area contributed by atoms with Gasteiger partial charge in [-0.3, -0.25) is 4.72 Å². The zero-order chi connectivity index (χ0) is 13.9. The summed E-state index contributed by atoms with van der Waals surface area (Å²) in [4.78, 5) is 4.10. The second-order valence-corrected chi connectivity index (χ2v) is 5.58. The first-order chi connectivity index (χ1) is 9.04. The lowest BCUT2D eigenvalue weighted by molar-refractivity contribution is 0.403. The van der Waals surface area contributed by atoms with Gasteiger partial charge < -0.3 is 4.74 Å². The monoisotopic (exact) mass is 278 g/mol. The topological polar surface area (TPSA) is 68.3 Å². The first-order valence-corrected chi connectivity index (χ1v) is 7.10. The van der Waals surface area contributed by atoms with Crippen LogP contribution in [-0.2, 0) is 10.0 Å². The van der Waals surface area contributed by atoms with Crippen molar-refractivity contribution < 1.29 is 13.2 Å². The molecular formula is C13H14N2O3S. The van der Waals surface area contributed by atoms with Crippen LogP contribution in [0.1, 0.15) is 5.56 Å². The Labute approximate surface area is 112 Å². The predicted octanol–water partition coefficient (Wildman–Crippen LogP) is 2.20. The fraction of sp³-hybridized carbons (Fsp3) is 0.154. The number of benzene rings is 1. The Hall–Kier alpha value is -2.08. The lowest BCUT2D eigenvalue weighted by Crippen LogP contribution is -2.15. The quantitative estimate of drug-likeness (QED) is 0.931. The molecule has 1 N–H and O–H groups in total. The number of methoxy groups -OCH3 is 1. The summed E-state index contributed by atoms with van der Waals surface area (Å²) in [5, 5.41) is 0. The van der Waals surface area contributed by atoms with Crippen LogP contribution in [0.15, 0.2) is 47.5 Å². The maximum Gasteiger partial charge on any atom is 0.266 e. The summed E-state index contributed by atoms with van der Waals surface area (Å²) in [5.74, 6) is 0.608. The molecule has 0 atom stereocenters. The molecule has 1 heterocycles. The van der Waals surface area contributed by atoms with Gasteiger partial charge in [-0.2, -0.15) is 0 Å². The summed E-state index contributed by atoms with van der Waals surface area (Å²) in [6, 6.07) is 9.97. The number of aryl methyl sites for hydroxylation is 1. The van der Waals surface area contributed by atoms with E-state index in [1.54, 1.807) is 37.3 Å². The molecule has 2 aromatic rings. The molecule has 6 heteroatoms. The Morgan fingerprint density at radius 1 is 1.16 bits per heavy atom. The van der Waals surface area contributed by atoms with Crippen molar-refractivity contribution in [1.82, 2.24) is 4.98 Å². The predicted molar refractivity (Wildman–Crippen MR) is 72.8 cm³/mol. The summed E-state index contributed by atoms with van der Waals surface area (Å²) < 4.78 is 32.1. The van der Waals surface area contributed by atoms with E-state index < -0.39 is 10.0 Å². The van der Waals surface area contributed by atoms with Crippen LogP contribution in [-0.4, -0.2) is 20.5 Å². The number of nitrogens with one attached hydrogen (secondary N) is 1. The van der Waals surface area contributed by atoms with Crippen LogP contribution in [0.5, 0.6) is 5.75 Å². The number of para-hydroxylation sites is 1. The van der Waals surface area contributed by atoms with E-state index in [4.69, 9.17) is 4.74 Å². The van der Waals surface area contributed by atoms with Crippen molar-refractivity contribution in [2.75, 3.05) is 11.8 Å². The van der Waals surface area contributed by atoms with Gasteiger partial charge in [-0.25, -0.2) is 13.4 Å². The molecule has 0 aliphatic carbocycles. The SMILES string of the molecule is COc1ccccc1S(=O)(=O)Nc1ncccc1C. The van der Waals surface area contributed by atoms with Gasteiger partial charge in [-0.1, -0.05) is 18.2 Å². The molecule has 0 aliphatic heterocycles. The number of anilines is 1. The molecule has 0 spiro atoms. The average molecular weight is 278 g/mol. The van der Waals surface area contributed by atoms with E-state index in [1.807, 2.05) is 0 Å². The molecule has 0 fully saturated rings. The first-order valence-electron chi connectivity index (χ1n) is 5.62. The van der Waals surface area contributed by atoms with E-state index in [1.165, 1.54) is 19.4 Å². The van der Waals surface area contributed by atoms with Crippen LogP contribution in [0, 0.1) is 6.92 Å². The van der Waals surface area contributed by atoms with Crippen LogP contribution >= 0.6 is 0 Å². The summed E-state index contributed by atoms with van der Waals surface area (Å²) in [6.45, 7) is 1.78. The van der Waals surface area contributed by atoms with Gasteiger partial charge >= 0.3 is 0 Å². The fourth-order valence-corrected chi connectivity index (χ4v) is 2.87. The van der Waals surface area contributed by atoms with Gasteiger partial charge in [0.15, 0.2) is 0 Å². The zero-order valence-corrected chi connectivity index (χ0v) is 11.4. The number of sulfonamides is 1. The molecule has 0 amide bonds. The number of hydrogen-bond acceptors (Lipinski definition) is 4. The van der Waals surface area contributed by atoms with E-state index in [9.17, 15) is 8.42 Å². The maximum atomic E-state index is 12.3. The van der Waals surface area contributed by atoms with Crippen LogP contribution < -0.4 is 9.46 Å². The Morgan fingerprint density at radius 2 is 1.89 bits per heavy atom. The molecule has 2 rings (SSSR count). The molecular weight excluding hydrogens is 264 g/mol. The highest BCUT2D eigenvalue weighted by Gasteiger charge is 2.20. The largest absolute Gasteiger partial charge is 0.495 e. The average Bonchev–Trinajstić information content (AvgIpc) is 2.41. The Morgan fingerprint density at radius 3 is 2.58 bits per heavy atom. The van der Waals surface area contributed by atoms with Crippen LogP contribution in [0.25, 0.3) is 0 Å². The maximum absolute atomic E-state index is 12.3. The van der Waals surface area contributed by atoms with Gasteiger partial charge in [0, 0.05) is 6.20 Å². The standard InChI is InChI=1S/C13H14N2O3S/c1-10-6-5-9-14-13(10)15-19(16,17)12-8-4-3-7-11(12)18-2/h3-9H,1-2H3,(H,14,15). The first kappa shape index (κ1) is 13.4. The van der Waals surface area contributed by atoms with Gasteiger partial charge in [0.2, 0.25) is 0 Å². The molecule has 0 radical (unpaired) electrons. The molecule has 0 aliphatic rings. The molecule has 0 unspecified atom stereocenters. The third kappa shape index (κ3) is 2.85. The summed E-state index contributed by atoms with van der Waals surface area (Å²) in [5.41, 5.74) is 0.751. The van der Waals surface area contributed by atoms with Crippen LogP contribution in [0.2, 0.25) is 0 Å². The molecule has 0 saturated carbocycles. The van der Waals surface area contributed by atoms with E-state index >= 15 is 0 Å². The number of rotatable bonds is 4. The fourth-order valence-electron chi connectivity index (χ4n) is 1.62. The van der Waals surface area contributed by atoms with Crippen LogP contribution in [0.4, 0.5) is 5.82 Å². The second kappa shape index (κ2) is 5.27. The smallest absolute Gasteiger partial charge is 0.266 e. The molecule has 0 saturated heterocycles. The van der Waals surface area contributed by atoms with Crippen molar-refractivity contribution in [3.8, 4) is 5.75 Å². The minimum Gasteiger partial charge on any atom is -0.495 e. The van der Waals surface area contributed by atoms with Crippen molar-refractivity contribution in [3.63, 3.8) is 0 Å². The second-order valence-electron chi connectivity index (χ2n) is 3.93. The molecule has 5 nitrogen and oxygen atoms in total. The zero-order valence-electron chi connectivity index (χ0n) is 10.6. The third-order valence-corrected chi connectivity index (χ3v) is 3.98.